The summed E-state index contributed by atoms with van der Waals surface area (Å²) in [5.74, 6) is 0.870. The summed E-state index contributed by atoms with van der Waals surface area (Å²) < 4.78 is 6.00. The summed E-state index contributed by atoms with van der Waals surface area (Å²) in [4.78, 5) is 2.63. The number of fused-ring (bicyclic) bond motifs is 2. The third-order valence-electron chi connectivity index (χ3n) is 6.89. The number of hydrogen-bond donors (Lipinski definition) is 1. The summed E-state index contributed by atoms with van der Waals surface area (Å²) in [5, 5.41) is 11.5. The second-order valence-electron chi connectivity index (χ2n) is 9.27. The van der Waals surface area contributed by atoms with Crippen molar-refractivity contribution in [1.82, 2.24) is 4.90 Å². The minimum atomic E-state index is -0.628. The van der Waals surface area contributed by atoms with E-state index in [1.54, 1.807) is 0 Å². The first kappa shape index (κ1) is 20.3. The topological polar surface area (TPSA) is 32.7 Å². The predicted molar refractivity (Wildman–Crippen MR) is 124 cm³/mol. The Morgan fingerprint density at radius 3 is 2.06 bits per heavy atom. The molecule has 0 aliphatic carbocycles. The highest BCUT2D eigenvalue weighted by Crippen LogP contribution is 2.43. The first-order valence-electron chi connectivity index (χ1n) is 11.4. The standard InChI is InChI=1S/C28H31NO2/c30-28(17-24-12-7-13-27(16-24)31-21-23-10-5-2-6-11-23)18-25-14-15-26(19-28)29(25)20-22-8-3-1-4-9-22/h1-13,16,25-26,30H,14-15,17-21H2. The molecule has 3 nitrogen and oxygen atoms in total. The molecule has 1 N–H and O–H groups in total. The lowest BCUT2D eigenvalue weighted by molar-refractivity contribution is -0.0540. The minimum Gasteiger partial charge on any atom is -0.489 e. The minimum absolute atomic E-state index is 0.474. The van der Waals surface area contributed by atoms with E-state index in [1.807, 2.05) is 30.3 Å². The van der Waals surface area contributed by atoms with Gasteiger partial charge in [-0.3, -0.25) is 4.90 Å². The molecular weight excluding hydrogens is 382 g/mol. The maximum Gasteiger partial charge on any atom is 0.120 e. The number of rotatable bonds is 7. The first-order chi connectivity index (χ1) is 15.2. The molecule has 2 bridgehead atoms. The number of piperidine rings is 1. The van der Waals surface area contributed by atoms with Crippen molar-refractivity contribution in [2.75, 3.05) is 0 Å². The molecular formula is C28H31NO2. The van der Waals surface area contributed by atoms with Gasteiger partial charge in [-0.1, -0.05) is 72.8 Å². The molecule has 0 radical (unpaired) electrons. The van der Waals surface area contributed by atoms with Crippen LogP contribution in [0.3, 0.4) is 0 Å². The van der Waals surface area contributed by atoms with Crippen LogP contribution in [0.1, 0.15) is 42.4 Å². The smallest absolute Gasteiger partial charge is 0.120 e. The molecule has 2 aliphatic rings. The molecule has 2 saturated heterocycles. The summed E-state index contributed by atoms with van der Waals surface area (Å²) in [6.45, 7) is 1.56. The van der Waals surface area contributed by atoms with Gasteiger partial charge >= 0.3 is 0 Å². The van der Waals surface area contributed by atoms with Crippen LogP contribution in [0, 0.1) is 0 Å². The van der Waals surface area contributed by atoms with Crippen LogP contribution in [-0.4, -0.2) is 27.7 Å². The molecule has 0 spiro atoms. The molecule has 0 aromatic heterocycles. The molecule has 0 amide bonds. The van der Waals surface area contributed by atoms with Crippen molar-refractivity contribution in [2.45, 2.75) is 62.9 Å². The van der Waals surface area contributed by atoms with Crippen LogP contribution >= 0.6 is 0 Å². The van der Waals surface area contributed by atoms with Crippen molar-refractivity contribution >= 4 is 0 Å². The van der Waals surface area contributed by atoms with E-state index in [4.69, 9.17) is 4.74 Å². The van der Waals surface area contributed by atoms with Gasteiger partial charge in [-0.15, -0.1) is 0 Å². The zero-order chi connectivity index (χ0) is 21.1. The molecule has 31 heavy (non-hydrogen) atoms. The molecule has 3 aromatic carbocycles. The predicted octanol–water partition coefficient (Wildman–Crippen LogP) is 5.37. The second kappa shape index (κ2) is 8.86. The highest BCUT2D eigenvalue weighted by atomic mass is 16.5. The van der Waals surface area contributed by atoms with Crippen molar-refractivity contribution in [3.8, 4) is 5.75 Å². The Labute approximate surface area is 185 Å². The highest BCUT2D eigenvalue weighted by Gasteiger charge is 2.47. The Morgan fingerprint density at radius 2 is 1.39 bits per heavy atom. The molecule has 5 rings (SSSR count). The Hall–Kier alpha value is -2.62. The van der Waals surface area contributed by atoms with Gasteiger partial charge in [0.2, 0.25) is 0 Å². The molecule has 2 atom stereocenters. The van der Waals surface area contributed by atoms with Crippen molar-refractivity contribution in [3.63, 3.8) is 0 Å². The molecule has 0 saturated carbocycles. The lowest BCUT2D eigenvalue weighted by Crippen LogP contribution is -2.51. The van der Waals surface area contributed by atoms with Crippen LogP contribution in [0.25, 0.3) is 0 Å². The molecule has 2 aliphatic heterocycles. The van der Waals surface area contributed by atoms with Gasteiger partial charge in [-0.2, -0.15) is 0 Å². The SMILES string of the molecule is OC1(Cc2cccc(OCc3ccccc3)c2)CC2CCC(C1)N2Cc1ccccc1. The van der Waals surface area contributed by atoms with Crippen LogP contribution in [0.5, 0.6) is 5.75 Å². The number of ether oxygens (including phenoxy) is 1. The van der Waals surface area contributed by atoms with Crippen LogP contribution in [0.4, 0.5) is 0 Å². The van der Waals surface area contributed by atoms with E-state index in [0.29, 0.717) is 25.1 Å². The largest absolute Gasteiger partial charge is 0.489 e. The van der Waals surface area contributed by atoms with Crippen LogP contribution in [0.2, 0.25) is 0 Å². The second-order valence-corrected chi connectivity index (χ2v) is 9.27. The van der Waals surface area contributed by atoms with E-state index >= 15 is 0 Å². The third kappa shape index (κ3) is 4.84. The fourth-order valence-electron chi connectivity index (χ4n) is 5.48. The maximum atomic E-state index is 11.5. The Bertz CT molecular complexity index is 974. The average molecular weight is 414 g/mol. The van der Waals surface area contributed by atoms with Crippen molar-refractivity contribution in [1.29, 1.82) is 0 Å². The first-order valence-corrected chi connectivity index (χ1v) is 11.4. The van der Waals surface area contributed by atoms with E-state index in [2.05, 4.69) is 59.5 Å². The lowest BCUT2D eigenvalue weighted by atomic mass is 9.81. The maximum absolute atomic E-state index is 11.5. The Balaban J connectivity index is 1.22. The van der Waals surface area contributed by atoms with E-state index in [1.165, 1.54) is 18.4 Å². The lowest BCUT2D eigenvalue weighted by Gasteiger charge is -2.44. The van der Waals surface area contributed by atoms with E-state index in [-0.39, 0.29) is 0 Å². The number of aliphatic hydroxyl groups is 1. The zero-order valence-electron chi connectivity index (χ0n) is 18.0. The van der Waals surface area contributed by atoms with Crippen molar-refractivity contribution in [3.05, 3.63) is 102 Å². The third-order valence-corrected chi connectivity index (χ3v) is 6.89. The van der Waals surface area contributed by atoms with Gasteiger partial charge in [-0.05, 0) is 54.5 Å². The van der Waals surface area contributed by atoms with Gasteiger partial charge in [0, 0.05) is 25.0 Å². The fourth-order valence-corrected chi connectivity index (χ4v) is 5.48. The summed E-state index contributed by atoms with van der Waals surface area (Å²) in [6.07, 6.45) is 4.79. The van der Waals surface area contributed by atoms with E-state index in [9.17, 15) is 5.11 Å². The van der Waals surface area contributed by atoms with E-state index < -0.39 is 5.60 Å². The van der Waals surface area contributed by atoms with Gasteiger partial charge in [0.1, 0.15) is 12.4 Å². The summed E-state index contributed by atoms with van der Waals surface area (Å²) >= 11 is 0. The quantitative estimate of drug-likeness (QED) is 0.565. The normalized spacial score (nSPS) is 25.5. The van der Waals surface area contributed by atoms with Crippen molar-refractivity contribution < 1.29 is 9.84 Å². The van der Waals surface area contributed by atoms with Crippen LogP contribution in [-0.2, 0) is 19.6 Å². The number of benzene rings is 3. The Morgan fingerprint density at radius 1 is 0.774 bits per heavy atom. The zero-order valence-corrected chi connectivity index (χ0v) is 18.0. The monoisotopic (exact) mass is 413 g/mol. The number of nitrogens with zero attached hydrogens (tertiary/aromatic N) is 1. The molecule has 3 heteroatoms. The fraction of sp³-hybridized carbons (Fsp3) is 0.357. The number of hydrogen-bond acceptors (Lipinski definition) is 3. The molecule has 3 aromatic rings. The van der Waals surface area contributed by atoms with Gasteiger partial charge in [0.05, 0.1) is 5.60 Å². The van der Waals surface area contributed by atoms with Crippen LogP contribution < -0.4 is 4.74 Å². The van der Waals surface area contributed by atoms with E-state index in [0.717, 1.165) is 36.3 Å². The average Bonchev–Trinajstić information content (AvgIpc) is 3.03. The van der Waals surface area contributed by atoms with Crippen molar-refractivity contribution in [2.24, 2.45) is 0 Å². The Kier molecular flexibility index (Phi) is 5.80. The van der Waals surface area contributed by atoms with Gasteiger partial charge in [0.15, 0.2) is 0 Å². The molecule has 2 unspecified atom stereocenters. The van der Waals surface area contributed by atoms with Gasteiger partial charge < -0.3 is 9.84 Å². The molecule has 2 heterocycles. The van der Waals surface area contributed by atoms with Gasteiger partial charge in [-0.25, -0.2) is 0 Å². The molecule has 160 valence electrons. The van der Waals surface area contributed by atoms with Crippen LogP contribution in [0.15, 0.2) is 84.9 Å². The summed E-state index contributed by atoms with van der Waals surface area (Å²) in [5.41, 5.74) is 3.06. The summed E-state index contributed by atoms with van der Waals surface area (Å²) in [7, 11) is 0. The van der Waals surface area contributed by atoms with Gasteiger partial charge in [0.25, 0.3) is 0 Å². The molecule has 2 fully saturated rings. The summed E-state index contributed by atoms with van der Waals surface area (Å²) in [6, 6.07) is 30.2. The highest BCUT2D eigenvalue weighted by molar-refractivity contribution is 5.30.